The van der Waals surface area contributed by atoms with Crippen molar-refractivity contribution in [1.82, 2.24) is 0 Å². The van der Waals surface area contributed by atoms with E-state index >= 15 is 0 Å². The van der Waals surface area contributed by atoms with Gasteiger partial charge < -0.3 is 0 Å². The van der Waals surface area contributed by atoms with Crippen LogP contribution in [0.3, 0.4) is 0 Å². The van der Waals surface area contributed by atoms with Crippen molar-refractivity contribution < 1.29 is 0 Å². The van der Waals surface area contributed by atoms with E-state index in [0.29, 0.717) is 5.41 Å². The molecule has 0 radical (unpaired) electrons. The molecule has 0 spiro atoms. The number of hydrogen-bond donors (Lipinski definition) is 0. The van der Waals surface area contributed by atoms with E-state index in [4.69, 9.17) is 0 Å². The lowest BCUT2D eigenvalue weighted by molar-refractivity contribution is 0.615. The normalized spacial score (nSPS) is 14.8. The molecule has 0 N–H and O–H groups in total. The van der Waals surface area contributed by atoms with Gasteiger partial charge in [-0.25, -0.2) is 0 Å². The van der Waals surface area contributed by atoms with E-state index in [2.05, 4.69) is 65.8 Å². The summed E-state index contributed by atoms with van der Waals surface area (Å²) in [5.41, 5.74) is 0.360. The molecule has 0 aliphatic rings. The Bertz CT molecular complexity index is 270. The van der Waals surface area contributed by atoms with Crippen molar-refractivity contribution in [3.63, 3.8) is 0 Å². The van der Waals surface area contributed by atoms with Crippen molar-refractivity contribution in [2.75, 3.05) is 0 Å². The molecule has 94 valence electrons. The highest BCUT2D eigenvalue weighted by Crippen LogP contribution is 2.31. The number of rotatable bonds is 3. The van der Waals surface area contributed by atoms with Gasteiger partial charge in [-0.3, -0.25) is 0 Å². The van der Waals surface area contributed by atoms with Crippen LogP contribution < -0.4 is 0 Å². The average molecular weight is 290 g/mol. The van der Waals surface area contributed by atoms with Gasteiger partial charge in [-0.2, -0.15) is 0 Å². The average Bonchev–Trinajstić information content (AvgIpc) is 1.90. The fraction of sp³-hybridized carbons (Fsp3) is 0.833. The van der Waals surface area contributed by atoms with Gasteiger partial charge in [0.15, 0.2) is 0 Å². The highest BCUT2D eigenvalue weighted by molar-refractivity contribution is 8.13. The minimum Gasteiger partial charge on any atom is -0.0659 e. The Kier molecular flexibility index (Phi) is 5.88. The third kappa shape index (κ3) is 7.17. The lowest BCUT2D eigenvalue weighted by Gasteiger charge is -2.30. The fourth-order valence-electron chi connectivity index (χ4n) is 1.68. The quantitative estimate of drug-likeness (QED) is 0.471. The summed E-state index contributed by atoms with van der Waals surface area (Å²) >= 11 is 0. The second kappa shape index (κ2) is 5.61. The van der Waals surface area contributed by atoms with Gasteiger partial charge in [0.2, 0.25) is 0 Å². The molecular weight excluding hydrogens is 262 g/mol. The Labute approximate surface area is 108 Å². The Balaban J connectivity index is 5.10. The van der Waals surface area contributed by atoms with E-state index in [1.165, 1.54) is 7.89 Å². The molecule has 16 heavy (non-hydrogen) atoms. The molecule has 0 aliphatic carbocycles. The second-order valence-electron chi connectivity index (χ2n) is 7.56. The van der Waals surface area contributed by atoms with Gasteiger partial charge >= 0.3 is 0 Å². The molecule has 0 rings (SSSR count). The monoisotopic (exact) mass is 290 g/mol. The van der Waals surface area contributed by atoms with Gasteiger partial charge in [0.1, 0.15) is 0 Å². The van der Waals surface area contributed by atoms with Crippen molar-refractivity contribution in [2.24, 2.45) is 5.41 Å². The highest BCUT2D eigenvalue weighted by atomic mass is 32.0. The van der Waals surface area contributed by atoms with Gasteiger partial charge in [-0.15, -0.1) is 0 Å². The van der Waals surface area contributed by atoms with Crippen molar-refractivity contribution in [1.29, 1.82) is 0 Å². The summed E-state index contributed by atoms with van der Waals surface area (Å²) in [6.07, 6.45) is 0. The summed E-state index contributed by atoms with van der Waals surface area (Å²) in [5.74, 6) is 2.45. The van der Waals surface area contributed by atoms with E-state index in [9.17, 15) is 0 Å². The first-order chi connectivity index (χ1) is 6.84. The highest BCUT2D eigenvalue weighted by Gasteiger charge is 2.31. The van der Waals surface area contributed by atoms with Gasteiger partial charge in [-0.1, -0.05) is 72.5 Å². The van der Waals surface area contributed by atoms with Gasteiger partial charge in [0.25, 0.3) is 0 Å². The smallest absolute Gasteiger partial charge is 0.0659 e. The molecule has 4 heteroatoms. The molecule has 0 aliphatic heterocycles. The standard InChI is InChI=1S/C12H28P2Si2/c1-12(2,3)10-13-14-11(15(4,5)6)16(7,8)9/h10H,1-9H3. The predicted octanol–water partition coefficient (Wildman–Crippen LogP) is 5.57. The molecule has 0 atom stereocenters. The molecular formula is C12H28P2Si2. The zero-order valence-corrected chi connectivity index (χ0v) is 16.3. The number of hydrogen-bond acceptors (Lipinski definition) is 0. The fourth-order valence-corrected chi connectivity index (χ4v) is 21.6. The zero-order valence-electron chi connectivity index (χ0n) is 12.5. The summed E-state index contributed by atoms with van der Waals surface area (Å²) in [6.45, 7) is 21.9. The van der Waals surface area contributed by atoms with Crippen LogP contribution in [0.15, 0.2) is 0 Å². The molecule has 0 nitrogen and oxygen atoms in total. The molecule has 0 aromatic heterocycles. The minimum absolute atomic E-state index is 0.360. The van der Waals surface area contributed by atoms with Gasteiger partial charge in [0, 0.05) is 0 Å². The third-order valence-electron chi connectivity index (χ3n) is 2.02. The van der Waals surface area contributed by atoms with Crippen LogP contribution >= 0.6 is 15.8 Å². The molecule has 0 amide bonds. The second-order valence-corrected chi connectivity index (χ2v) is 21.3. The van der Waals surface area contributed by atoms with E-state index in [-0.39, 0.29) is 0 Å². The minimum atomic E-state index is -1.08. The topological polar surface area (TPSA) is 0 Å². The predicted molar refractivity (Wildman–Crippen MR) is 91.1 cm³/mol. The van der Waals surface area contributed by atoms with Crippen molar-refractivity contribution >= 4 is 42.3 Å². The largest absolute Gasteiger partial charge is 0.0739 e. The molecule has 0 aromatic rings. The van der Waals surface area contributed by atoms with Crippen LogP contribution in [-0.2, 0) is 0 Å². The van der Waals surface area contributed by atoms with Crippen LogP contribution in [0.5, 0.6) is 0 Å². The maximum atomic E-state index is 2.50. The van der Waals surface area contributed by atoms with E-state index in [0.717, 1.165) is 0 Å². The summed E-state index contributed by atoms with van der Waals surface area (Å²) in [7, 11) is 0.925. The molecule has 0 bridgehead atoms. The van der Waals surface area contributed by atoms with Gasteiger partial charge in [-0.05, 0) is 19.1 Å². The van der Waals surface area contributed by atoms with Crippen molar-refractivity contribution in [3.8, 4) is 0 Å². The molecule has 0 saturated carbocycles. The summed E-state index contributed by atoms with van der Waals surface area (Å²) in [6, 6.07) is 0. The molecule has 0 heterocycles. The van der Waals surface area contributed by atoms with Crippen LogP contribution in [0.2, 0.25) is 39.3 Å². The summed E-state index contributed by atoms with van der Waals surface area (Å²) < 4.78 is 1.92. The van der Waals surface area contributed by atoms with Crippen LogP contribution in [0, 0.1) is 5.41 Å². The Morgan fingerprint density at radius 2 is 1.25 bits per heavy atom. The first kappa shape index (κ1) is 16.8. The van der Waals surface area contributed by atoms with Crippen LogP contribution in [0.1, 0.15) is 20.8 Å². The third-order valence-corrected chi connectivity index (χ3v) is 17.7. The zero-order chi connectivity index (χ0) is 13.2. The summed E-state index contributed by atoms with van der Waals surface area (Å²) in [5, 5.41) is 0. The van der Waals surface area contributed by atoms with E-state index < -0.39 is 16.1 Å². The van der Waals surface area contributed by atoms with Crippen molar-refractivity contribution in [3.05, 3.63) is 0 Å². The van der Waals surface area contributed by atoms with E-state index in [1.54, 1.807) is 7.89 Å². The maximum absolute atomic E-state index is 2.50. The SMILES string of the molecule is CC(C)(C)C=PP=C([Si](C)(C)C)[Si](C)(C)C. The lowest BCUT2D eigenvalue weighted by atomic mass is 10.0. The first-order valence-electron chi connectivity index (χ1n) is 5.97. The molecule has 0 fully saturated rings. The summed E-state index contributed by atoms with van der Waals surface area (Å²) in [4.78, 5) is 0. The molecule has 0 unspecified atom stereocenters. The Morgan fingerprint density at radius 3 is 1.50 bits per heavy atom. The Morgan fingerprint density at radius 1 is 0.875 bits per heavy atom. The molecule has 0 aromatic carbocycles. The molecule has 0 saturated heterocycles. The van der Waals surface area contributed by atoms with Crippen LogP contribution in [0.4, 0.5) is 0 Å². The van der Waals surface area contributed by atoms with E-state index in [1.807, 2.05) is 4.54 Å². The van der Waals surface area contributed by atoms with Crippen molar-refractivity contribution in [2.45, 2.75) is 60.1 Å². The van der Waals surface area contributed by atoms with Gasteiger partial charge in [0.05, 0.1) is 16.1 Å². The Hall–Kier alpha value is 0.774. The first-order valence-corrected chi connectivity index (χ1v) is 15.5. The van der Waals surface area contributed by atoms with Crippen LogP contribution in [-0.4, -0.2) is 26.5 Å². The lowest BCUT2D eigenvalue weighted by Crippen LogP contribution is -2.48. The maximum Gasteiger partial charge on any atom is 0.0739 e. The van der Waals surface area contributed by atoms with Crippen LogP contribution in [0.25, 0.3) is 0 Å².